The molecule has 2 N–H and O–H groups in total. The number of sulfonamides is 1. The lowest BCUT2D eigenvalue weighted by Crippen LogP contribution is -2.26. The number of aromatic nitrogens is 1. The molecule has 0 fully saturated rings. The molecular weight excluding hydrogens is 380 g/mol. The van der Waals surface area contributed by atoms with Gasteiger partial charge in [-0.1, -0.05) is 0 Å². The van der Waals surface area contributed by atoms with E-state index < -0.39 is 16.0 Å². The van der Waals surface area contributed by atoms with Crippen LogP contribution in [-0.2, 0) is 16.4 Å². The van der Waals surface area contributed by atoms with E-state index in [1.165, 1.54) is 23.5 Å². The molecule has 0 radical (unpaired) electrons. The van der Waals surface area contributed by atoms with Crippen molar-refractivity contribution in [1.82, 2.24) is 9.71 Å². The highest BCUT2D eigenvalue weighted by molar-refractivity contribution is 9.10. The number of rotatable bonds is 6. The maximum Gasteiger partial charge on any atom is 0.336 e. The Balaban J connectivity index is 2.12. The number of thiazole rings is 1. The van der Waals surface area contributed by atoms with Gasteiger partial charge in [0.15, 0.2) is 0 Å². The Kier molecular flexibility index (Phi) is 5.09. The van der Waals surface area contributed by atoms with Crippen molar-refractivity contribution < 1.29 is 18.3 Å². The molecule has 0 spiro atoms. The number of carboxylic acid groups (broad SMARTS) is 1. The van der Waals surface area contributed by atoms with Crippen LogP contribution in [-0.4, -0.2) is 31.0 Å². The first-order chi connectivity index (χ1) is 9.90. The van der Waals surface area contributed by atoms with Crippen molar-refractivity contribution in [3.63, 3.8) is 0 Å². The lowest BCUT2D eigenvalue weighted by Gasteiger charge is -2.07. The van der Waals surface area contributed by atoms with E-state index in [0.29, 0.717) is 10.9 Å². The van der Waals surface area contributed by atoms with Crippen molar-refractivity contribution in [2.75, 3.05) is 6.54 Å². The average Bonchev–Trinajstić information content (AvgIpc) is 2.91. The highest BCUT2D eigenvalue weighted by atomic mass is 79.9. The summed E-state index contributed by atoms with van der Waals surface area (Å²) >= 11 is 4.52. The van der Waals surface area contributed by atoms with Crippen LogP contribution in [0.1, 0.15) is 16.1 Å². The van der Waals surface area contributed by atoms with Gasteiger partial charge in [0.25, 0.3) is 0 Å². The molecular formula is C12H11BrN2O4S2. The van der Waals surface area contributed by atoms with Crippen LogP contribution in [0.2, 0.25) is 0 Å². The van der Waals surface area contributed by atoms with E-state index in [9.17, 15) is 13.2 Å². The third kappa shape index (κ3) is 4.10. The van der Waals surface area contributed by atoms with E-state index in [1.54, 1.807) is 5.51 Å². The smallest absolute Gasteiger partial charge is 0.336 e. The summed E-state index contributed by atoms with van der Waals surface area (Å²) in [5.41, 5.74) is 2.39. The highest BCUT2D eigenvalue weighted by Gasteiger charge is 2.17. The van der Waals surface area contributed by atoms with Gasteiger partial charge in [-0.25, -0.2) is 22.9 Å². The van der Waals surface area contributed by atoms with E-state index >= 15 is 0 Å². The lowest BCUT2D eigenvalue weighted by atomic mass is 10.2. The van der Waals surface area contributed by atoms with Gasteiger partial charge >= 0.3 is 5.97 Å². The fourth-order valence-corrected chi connectivity index (χ4v) is 3.66. The molecule has 9 heteroatoms. The van der Waals surface area contributed by atoms with Crippen LogP contribution < -0.4 is 4.72 Å². The molecule has 1 aromatic heterocycles. The molecule has 0 aliphatic heterocycles. The van der Waals surface area contributed by atoms with Crippen LogP contribution in [0.4, 0.5) is 0 Å². The number of carbonyl (C=O) groups is 1. The second-order valence-electron chi connectivity index (χ2n) is 4.07. The van der Waals surface area contributed by atoms with Crippen LogP contribution in [0.25, 0.3) is 0 Å². The number of halogens is 1. The maximum absolute atomic E-state index is 12.1. The number of hydrogen-bond donors (Lipinski definition) is 2. The Morgan fingerprint density at radius 1 is 1.43 bits per heavy atom. The molecule has 0 saturated carbocycles. The minimum atomic E-state index is -3.74. The quantitative estimate of drug-likeness (QED) is 0.787. The SMILES string of the molecule is O=C(O)c1cc(S(=O)(=O)NCCc2cscn2)ccc1Br. The number of aromatic carboxylic acids is 1. The first kappa shape index (κ1) is 16.1. The summed E-state index contributed by atoms with van der Waals surface area (Å²) in [4.78, 5) is 15.0. The summed E-state index contributed by atoms with van der Waals surface area (Å²) < 4.78 is 27.0. The molecule has 0 bridgehead atoms. The minimum absolute atomic E-state index is 0.0821. The summed E-state index contributed by atoms with van der Waals surface area (Å²) in [5, 5.41) is 10.8. The molecule has 1 heterocycles. The predicted molar refractivity (Wildman–Crippen MR) is 82.1 cm³/mol. The lowest BCUT2D eigenvalue weighted by molar-refractivity contribution is 0.0695. The number of nitrogens with zero attached hydrogens (tertiary/aromatic N) is 1. The first-order valence-electron chi connectivity index (χ1n) is 5.80. The average molecular weight is 391 g/mol. The monoisotopic (exact) mass is 390 g/mol. The van der Waals surface area contributed by atoms with Gasteiger partial charge in [-0.3, -0.25) is 0 Å². The molecule has 0 unspecified atom stereocenters. The number of carboxylic acids is 1. The number of benzene rings is 1. The maximum atomic E-state index is 12.1. The zero-order valence-electron chi connectivity index (χ0n) is 10.6. The fraction of sp³-hybridized carbons (Fsp3) is 0.167. The van der Waals surface area contributed by atoms with Crippen molar-refractivity contribution in [2.45, 2.75) is 11.3 Å². The van der Waals surface area contributed by atoms with Crippen molar-refractivity contribution in [2.24, 2.45) is 0 Å². The van der Waals surface area contributed by atoms with E-state index in [-0.39, 0.29) is 17.0 Å². The van der Waals surface area contributed by atoms with Crippen molar-refractivity contribution >= 4 is 43.3 Å². The van der Waals surface area contributed by atoms with E-state index in [0.717, 1.165) is 11.8 Å². The molecule has 2 aromatic rings. The molecule has 0 atom stereocenters. The second kappa shape index (κ2) is 6.65. The minimum Gasteiger partial charge on any atom is -0.478 e. The highest BCUT2D eigenvalue weighted by Crippen LogP contribution is 2.21. The molecule has 0 aliphatic carbocycles. The van der Waals surface area contributed by atoms with Crippen molar-refractivity contribution in [3.05, 3.63) is 44.8 Å². The zero-order valence-corrected chi connectivity index (χ0v) is 13.8. The van der Waals surface area contributed by atoms with Crippen molar-refractivity contribution in [3.8, 4) is 0 Å². The molecule has 0 saturated heterocycles. The van der Waals surface area contributed by atoms with Gasteiger partial charge in [0.2, 0.25) is 10.0 Å². The standard InChI is InChI=1S/C12H11BrN2O4S2/c13-11-2-1-9(5-10(11)12(16)17)21(18,19)15-4-3-8-6-20-7-14-8/h1-2,5-7,15H,3-4H2,(H,16,17). The third-order valence-corrected chi connectivity index (χ3v) is 5.42. The van der Waals surface area contributed by atoms with E-state index in [4.69, 9.17) is 5.11 Å². The Hall–Kier alpha value is -1.29. The molecule has 6 nitrogen and oxygen atoms in total. The second-order valence-corrected chi connectivity index (χ2v) is 7.41. The number of hydrogen-bond acceptors (Lipinski definition) is 5. The largest absolute Gasteiger partial charge is 0.478 e. The van der Waals surface area contributed by atoms with Gasteiger partial charge < -0.3 is 5.11 Å². The Morgan fingerprint density at radius 2 is 2.19 bits per heavy atom. The summed E-state index contributed by atoms with van der Waals surface area (Å²) in [5.74, 6) is -1.19. The van der Waals surface area contributed by atoms with Crippen LogP contribution in [0.3, 0.4) is 0 Å². The fourth-order valence-electron chi connectivity index (χ4n) is 1.59. The van der Waals surface area contributed by atoms with Gasteiger partial charge in [0, 0.05) is 22.8 Å². The topological polar surface area (TPSA) is 96.4 Å². The molecule has 0 amide bonds. The first-order valence-corrected chi connectivity index (χ1v) is 9.01. The van der Waals surface area contributed by atoms with Gasteiger partial charge in [-0.15, -0.1) is 11.3 Å². The van der Waals surface area contributed by atoms with E-state index in [2.05, 4.69) is 25.6 Å². The van der Waals surface area contributed by atoms with Crippen LogP contribution in [0.5, 0.6) is 0 Å². The molecule has 21 heavy (non-hydrogen) atoms. The normalized spacial score (nSPS) is 11.5. The predicted octanol–water partition coefficient (Wildman–Crippen LogP) is 2.12. The Morgan fingerprint density at radius 3 is 2.81 bits per heavy atom. The third-order valence-electron chi connectivity index (χ3n) is 2.64. The van der Waals surface area contributed by atoms with Gasteiger partial charge in [-0.05, 0) is 34.1 Å². The van der Waals surface area contributed by atoms with Crippen LogP contribution in [0, 0.1) is 0 Å². The molecule has 0 aliphatic rings. The van der Waals surface area contributed by atoms with Crippen LogP contribution in [0.15, 0.2) is 38.5 Å². The molecule has 1 aromatic carbocycles. The zero-order chi connectivity index (χ0) is 15.5. The Bertz CT molecular complexity index is 745. The van der Waals surface area contributed by atoms with Gasteiger partial charge in [0.1, 0.15) is 0 Å². The summed E-state index contributed by atoms with van der Waals surface area (Å²) in [6.45, 7) is 0.199. The summed E-state index contributed by atoms with van der Waals surface area (Å²) in [6.07, 6.45) is 0.477. The number of nitrogens with one attached hydrogen (secondary N) is 1. The van der Waals surface area contributed by atoms with Crippen molar-refractivity contribution in [1.29, 1.82) is 0 Å². The Labute approximate surface area is 134 Å². The van der Waals surface area contributed by atoms with Gasteiger partial charge in [-0.2, -0.15) is 0 Å². The summed E-state index contributed by atoms with van der Waals surface area (Å²) in [7, 11) is -3.74. The molecule has 2 rings (SSSR count). The van der Waals surface area contributed by atoms with E-state index in [1.807, 2.05) is 5.38 Å². The molecule has 112 valence electrons. The summed E-state index contributed by atoms with van der Waals surface area (Å²) in [6, 6.07) is 3.87. The van der Waals surface area contributed by atoms with Crippen LogP contribution >= 0.6 is 27.3 Å². The van der Waals surface area contributed by atoms with Gasteiger partial charge in [0.05, 0.1) is 21.7 Å².